The lowest BCUT2D eigenvalue weighted by Crippen LogP contribution is -2.20. The van der Waals surface area contributed by atoms with Crippen LogP contribution in [0.4, 0.5) is 0 Å². The number of hydrogen-bond acceptors (Lipinski definition) is 2. The fraction of sp³-hybridized carbons (Fsp3) is 0.0588. The third-order valence-electron chi connectivity index (χ3n) is 3.27. The molecule has 1 amide bonds. The van der Waals surface area contributed by atoms with E-state index in [9.17, 15) is 4.79 Å². The molecule has 0 radical (unpaired) electrons. The van der Waals surface area contributed by atoms with Crippen LogP contribution in [0, 0.1) is 0 Å². The molecule has 1 aromatic heterocycles. The van der Waals surface area contributed by atoms with Crippen molar-refractivity contribution in [3.63, 3.8) is 0 Å². The van der Waals surface area contributed by atoms with Gasteiger partial charge in [-0.1, -0.05) is 43.0 Å². The quantitative estimate of drug-likeness (QED) is 0.582. The van der Waals surface area contributed by atoms with Crippen LogP contribution in [-0.2, 0) is 11.3 Å². The molecule has 98 valence electrons. The number of carbonyl (C=O) groups excluding carboxylic acids is 1. The molecule has 0 bridgehead atoms. The van der Waals surface area contributed by atoms with E-state index >= 15 is 0 Å². The summed E-state index contributed by atoms with van der Waals surface area (Å²) < 4.78 is 0. The number of hydrogen-bond donors (Lipinski definition) is 1. The topological polar surface area (TPSA) is 42.0 Å². The maximum Gasteiger partial charge on any atom is 0.243 e. The lowest BCUT2D eigenvalue weighted by Gasteiger charge is -2.08. The Morgan fingerprint density at radius 3 is 2.80 bits per heavy atom. The number of carbonyl (C=O) groups is 1. The highest BCUT2D eigenvalue weighted by atomic mass is 16.1. The fourth-order valence-electron chi connectivity index (χ4n) is 2.26. The number of para-hydroxylation sites is 2. The summed E-state index contributed by atoms with van der Waals surface area (Å²) in [6, 6.07) is 16.1. The molecule has 0 spiro atoms. The second kappa shape index (κ2) is 5.13. The van der Waals surface area contributed by atoms with E-state index in [0.29, 0.717) is 6.54 Å². The molecule has 0 atom stereocenters. The van der Waals surface area contributed by atoms with Crippen LogP contribution < -0.4 is 5.32 Å². The molecule has 20 heavy (non-hydrogen) atoms. The summed E-state index contributed by atoms with van der Waals surface area (Å²) in [7, 11) is 0. The summed E-state index contributed by atoms with van der Waals surface area (Å²) in [4.78, 5) is 16.0. The van der Waals surface area contributed by atoms with Crippen molar-refractivity contribution < 1.29 is 4.79 Å². The molecule has 0 saturated heterocycles. The molecule has 0 aliphatic rings. The summed E-state index contributed by atoms with van der Waals surface area (Å²) in [5.74, 6) is -0.178. The van der Waals surface area contributed by atoms with E-state index in [1.165, 1.54) is 6.08 Å². The van der Waals surface area contributed by atoms with Crippen molar-refractivity contribution >= 4 is 27.7 Å². The first-order valence-electron chi connectivity index (χ1n) is 6.45. The third-order valence-corrected chi connectivity index (χ3v) is 3.27. The van der Waals surface area contributed by atoms with Gasteiger partial charge in [0.1, 0.15) is 0 Å². The van der Waals surface area contributed by atoms with Gasteiger partial charge >= 0.3 is 0 Å². The summed E-state index contributed by atoms with van der Waals surface area (Å²) in [5, 5.41) is 4.99. The zero-order valence-electron chi connectivity index (χ0n) is 11.0. The second-order valence-corrected chi connectivity index (χ2v) is 4.59. The van der Waals surface area contributed by atoms with Crippen LogP contribution in [0.1, 0.15) is 5.56 Å². The van der Waals surface area contributed by atoms with Gasteiger partial charge in [0.2, 0.25) is 5.91 Å². The van der Waals surface area contributed by atoms with E-state index in [1.807, 2.05) is 42.5 Å². The maximum absolute atomic E-state index is 11.3. The molecule has 0 unspecified atom stereocenters. The monoisotopic (exact) mass is 262 g/mol. The van der Waals surface area contributed by atoms with Crippen molar-refractivity contribution in [3.05, 3.63) is 66.7 Å². The lowest BCUT2D eigenvalue weighted by atomic mass is 10.1. The molecule has 3 aromatic rings. The van der Waals surface area contributed by atoms with Gasteiger partial charge in [-0.15, -0.1) is 0 Å². The van der Waals surface area contributed by atoms with Crippen LogP contribution in [0.3, 0.4) is 0 Å². The molecule has 1 heterocycles. The van der Waals surface area contributed by atoms with Crippen molar-refractivity contribution in [3.8, 4) is 0 Å². The van der Waals surface area contributed by atoms with E-state index < -0.39 is 0 Å². The standard InChI is InChI=1S/C17H14N2O/c1-2-16(20)18-11-14-8-5-7-13-10-12-6-3-4-9-15(12)19-17(13)14/h2-10H,1,11H2,(H,18,20). The number of nitrogens with one attached hydrogen (secondary N) is 1. The smallest absolute Gasteiger partial charge is 0.243 e. The van der Waals surface area contributed by atoms with Gasteiger partial charge in [-0.05, 0) is 23.8 Å². The van der Waals surface area contributed by atoms with Crippen LogP contribution in [0.15, 0.2) is 61.2 Å². The van der Waals surface area contributed by atoms with Crippen molar-refractivity contribution in [2.75, 3.05) is 0 Å². The summed E-state index contributed by atoms with van der Waals surface area (Å²) >= 11 is 0. The molecule has 0 aliphatic heterocycles. The number of aromatic nitrogens is 1. The fourth-order valence-corrected chi connectivity index (χ4v) is 2.26. The normalized spacial score (nSPS) is 10.6. The maximum atomic E-state index is 11.3. The first-order valence-corrected chi connectivity index (χ1v) is 6.45. The molecular formula is C17H14N2O. The van der Waals surface area contributed by atoms with E-state index in [-0.39, 0.29) is 5.91 Å². The third kappa shape index (κ3) is 2.26. The first-order chi connectivity index (χ1) is 9.78. The highest BCUT2D eigenvalue weighted by Gasteiger charge is 2.05. The van der Waals surface area contributed by atoms with Crippen LogP contribution in [0.25, 0.3) is 21.8 Å². The Labute approximate surface area is 116 Å². The molecule has 1 N–H and O–H groups in total. The number of rotatable bonds is 3. The highest BCUT2D eigenvalue weighted by Crippen LogP contribution is 2.22. The van der Waals surface area contributed by atoms with Crippen LogP contribution in [0.5, 0.6) is 0 Å². The lowest BCUT2D eigenvalue weighted by molar-refractivity contribution is -0.116. The van der Waals surface area contributed by atoms with Crippen molar-refractivity contribution in [1.29, 1.82) is 0 Å². The molecule has 0 fully saturated rings. The number of pyridine rings is 1. The SMILES string of the molecule is C=CC(=O)NCc1cccc2cc3ccccc3nc12. The highest BCUT2D eigenvalue weighted by molar-refractivity contribution is 5.94. The minimum absolute atomic E-state index is 0.178. The van der Waals surface area contributed by atoms with E-state index in [1.54, 1.807) is 0 Å². The Kier molecular flexibility index (Phi) is 3.17. The van der Waals surface area contributed by atoms with Crippen LogP contribution >= 0.6 is 0 Å². The minimum Gasteiger partial charge on any atom is -0.348 e. The van der Waals surface area contributed by atoms with E-state index in [4.69, 9.17) is 4.98 Å². The number of nitrogens with zero attached hydrogens (tertiary/aromatic N) is 1. The summed E-state index contributed by atoms with van der Waals surface area (Å²) in [6.45, 7) is 3.90. The molecule has 2 aromatic carbocycles. The van der Waals surface area contributed by atoms with Crippen molar-refractivity contribution in [1.82, 2.24) is 10.3 Å². The van der Waals surface area contributed by atoms with Gasteiger partial charge in [0.05, 0.1) is 11.0 Å². The van der Waals surface area contributed by atoms with Crippen molar-refractivity contribution in [2.45, 2.75) is 6.54 Å². The van der Waals surface area contributed by atoms with Gasteiger partial charge in [-0.2, -0.15) is 0 Å². The summed E-state index contributed by atoms with van der Waals surface area (Å²) in [6.07, 6.45) is 1.27. The van der Waals surface area contributed by atoms with Gasteiger partial charge < -0.3 is 5.32 Å². The Morgan fingerprint density at radius 1 is 1.15 bits per heavy atom. The zero-order chi connectivity index (χ0) is 13.9. The van der Waals surface area contributed by atoms with E-state index in [2.05, 4.69) is 18.0 Å². The number of benzene rings is 2. The minimum atomic E-state index is -0.178. The zero-order valence-corrected chi connectivity index (χ0v) is 11.0. The first kappa shape index (κ1) is 12.4. The Bertz CT molecular complexity index is 808. The molecule has 0 saturated carbocycles. The van der Waals surface area contributed by atoms with Gasteiger partial charge in [-0.25, -0.2) is 4.98 Å². The van der Waals surface area contributed by atoms with Gasteiger partial charge in [-0.3, -0.25) is 4.79 Å². The predicted octanol–water partition coefficient (Wildman–Crippen LogP) is 3.19. The van der Waals surface area contributed by atoms with Crippen LogP contribution in [0.2, 0.25) is 0 Å². The molecule has 3 nitrogen and oxygen atoms in total. The molecular weight excluding hydrogens is 248 g/mol. The Morgan fingerprint density at radius 2 is 1.95 bits per heavy atom. The van der Waals surface area contributed by atoms with Crippen molar-refractivity contribution in [2.24, 2.45) is 0 Å². The summed E-state index contributed by atoms with van der Waals surface area (Å²) in [5.41, 5.74) is 2.89. The average Bonchev–Trinajstić information content (AvgIpc) is 2.50. The van der Waals surface area contributed by atoms with Gasteiger partial charge in [0.15, 0.2) is 0 Å². The van der Waals surface area contributed by atoms with E-state index in [0.717, 1.165) is 27.4 Å². The molecule has 3 heteroatoms. The average molecular weight is 262 g/mol. The van der Waals surface area contributed by atoms with Gasteiger partial charge in [0.25, 0.3) is 0 Å². The largest absolute Gasteiger partial charge is 0.348 e. The second-order valence-electron chi connectivity index (χ2n) is 4.59. The number of fused-ring (bicyclic) bond motifs is 2. The predicted molar refractivity (Wildman–Crippen MR) is 81.3 cm³/mol. The Hall–Kier alpha value is -2.68. The Balaban J connectivity index is 2.10. The number of amides is 1. The van der Waals surface area contributed by atoms with Gasteiger partial charge in [0, 0.05) is 17.3 Å². The molecule has 3 rings (SSSR count). The van der Waals surface area contributed by atoms with Crippen LogP contribution in [-0.4, -0.2) is 10.9 Å². The molecule has 0 aliphatic carbocycles.